The topological polar surface area (TPSA) is 72.5 Å². The first kappa shape index (κ1) is 16.7. The molecule has 5 nitrogen and oxygen atoms in total. The Kier molecular flexibility index (Phi) is 4.43. The van der Waals surface area contributed by atoms with Crippen LogP contribution in [0.15, 0.2) is 59.5 Å². The zero-order valence-corrected chi connectivity index (χ0v) is 14.2. The zero-order chi connectivity index (χ0) is 17.3. The molecule has 1 aliphatic heterocycles. The van der Waals surface area contributed by atoms with E-state index in [1.54, 1.807) is 25.1 Å². The highest BCUT2D eigenvalue weighted by Crippen LogP contribution is 2.27. The first-order chi connectivity index (χ1) is 11.4. The third-order valence-corrected chi connectivity index (χ3v) is 5.59. The Morgan fingerprint density at radius 3 is 2.67 bits per heavy atom. The summed E-state index contributed by atoms with van der Waals surface area (Å²) < 4.78 is 33.1. The van der Waals surface area contributed by atoms with Gasteiger partial charge in [0.05, 0.1) is 16.9 Å². The van der Waals surface area contributed by atoms with Crippen LogP contribution >= 0.6 is 0 Å². The standard InChI is InChI=1S/C18H19NO4S/c1-12(2)17-15(10-11-23-17)18(20)19-24(21,22)16-9-5-7-13-6-3-4-8-14(13)16/h3-9,15,17H,1,10-11H2,2H3,(H,19,20)/t15-,17-/m0/s1. The van der Waals surface area contributed by atoms with Gasteiger partial charge in [0.2, 0.25) is 5.91 Å². The van der Waals surface area contributed by atoms with Crippen LogP contribution in [0.5, 0.6) is 0 Å². The molecule has 1 saturated heterocycles. The molecule has 1 amide bonds. The van der Waals surface area contributed by atoms with E-state index >= 15 is 0 Å². The average molecular weight is 345 g/mol. The molecule has 1 aliphatic rings. The van der Waals surface area contributed by atoms with Crippen LogP contribution in [0.25, 0.3) is 10.8 Å². The van der Waals surface area contributed by atoms with Gasteiger partial charge in [-0.25, -0.2) is 13.1 Å². The van der Waals surface area contributed by atoms with E-state index in [9.17, 15) is 13.2 Å². The molecule has 3 rings (SSSR count). The smallest absolute Gasteiger partial charge is 0.264 e. The van der Waals surface area contributed by atoms with Crippen molar-refractivity contribution >= 4 is 26.7 Å². The molecule has 0 bridgehead atoms. The lowest BCUT2D eigenvalue weighted by Gasteiger charge is -2.18. The number of sulfonamides is 1. The predicted octanol–water partition coefficient (Wildman–Crippen LogP) is 2.63. The van der Waals surface area contributed by atoms with Crippen LogP contribution in [0.3, 0.4) is 0 Å². The third-order valence-electron chi connectivity index (χ3n) is 4.19. The molecule has 2 aromatic carbocycles. The fourth-order valence-corrected chi connectivity index (χ4v) is 4.30. The Morgan fingerprint density at radius 2 is 1.92 bits per heavy atom. The predicted molar refractivity (Wildman–Crippen MR) is 91.9 cm³/mol. The van der Waals surface area contributed by atoms with Gasteiger partial charge in [-0.15, -0.1) is 0 Å². The number of amides is 1. The van der Waals surface area contributed by atoms with Gasteiger partial charge >= 0.3 is 0 Å². The van der Waals surface area contributed by atoms with Gasteiger partial charge in [-0.3, -0.25) is 4.79 Å². The Hall–Kier alpha value is -2.18. The minimum absolute atomic E-state index is 0.0970. The van der Waals surface area contributed by atoms with Crippen molar-refractivity contribution in [3.8, 4) is 0 Å². The minimum atomic E-state index is -3.96. The van der Waals surface area contributed by atoms with Gasteiger partial charge in [-0.05, 0) is 24.8 Å². The summed E-state index contributed by atoms with van der Waals surface area (Å²) in [6.45, 7) is 6.00. The quantitative estimate of drug-likeness (QED) is 0.865. The highest BCUT2D eigenvalue weighted by atomic mass is 32.2. The molecule has 1 heterocycles. The van der Waals surface area contributed by atoms with Gasteiger partial charge in [0, 0.05) is 12.0 Å². The highest BCUT2D eigenvalue weighted by molar-refractivity contribution is 7.90. The maximum Gasteiger partial charge on any atom is 0.264 e. The van der Waals surface area contributed by atoms with Gasteiger partial charge in [-0.2, -0.15) is 0 Å². The van der Waals surface area contributed by atoms with E-state index in [0.717, 1.165) is 11.0 Å². The van der Waals surface area contributed by atoms with E-state index in [4.69, 9.17) is 4.74 Å². The fraction of sp³-hybridized carbons (Fsp3) is 0.278. The summed E-state index contributed by atoms with van der Waals surface area (Å²) in [6, 6.07) is 12.2. The lowest BCUT2D eigenvalue weighted by molar-refractivity contribution is -0.124. The van der Waals surface area contributed by atoms with Crippen LogP contribution < -0.4 is 4.72 Å². The summed E-state index contributed by atoms with van der Waals surface area (Å²) in [5.41, 5.74) is 0.718. The molecule has 0 radical (unpaired) electrons. The minimum Gasteiger partial charge on any atom is -0.373 e. The van der Waals surface area contributed by atoms with Crippen molar-refractivity contribution in [3.05, 3.63) is 54.6 Å². The molecule has 0 aromatic heterocycles. The summed E-state index contributed by atoms with van der Waals surface area (Å²) in [6.07, 6.45) is 0.0433. The second-order valence-corrected chi connectivity index (χ2v) is 7.63. The Labute approximate surface area is 141 Å². The molecular weight excluding hydrogens is 326 g/mol. The number of fused-ring (bicyclic) bond motifs is 1. The summed E-state index contributed by atoms with van der Waals surface area (Å²) in [5, 5.41) is 1.39. The highest BCUT2D eigenvalue weighted by Gasteiger charge is 2.36. The monoisotopic (exact) mass is 345 g/mol. The second-order valence-electron chi connectivity index (χ2n) is 5.98. The van der Waals surface area contributed by atoms with E-state index in [-0.39, 0.29) is 4.90 Å². The fourth-order valence-electron chi connectivity index (χ4n) is 3.04. The van der Waals surface area contributed by atoms with Crippen LogP contribution in [0.1, 0.15) is 13.3 Å². The van der Waals surface area contributed by atoms with Crippen molar-refractivity contribution in [2.24, 2.45) is 5.92 Å². The Morgan fingerprint density at radius 1 is 1.21 bits per heavy atom. The summed E-state index contributed by atoms with van der Waals surface area (Å²) in [4.78, 5) is 12.6. The van der Waals surface area contributed by atoms with Crippen LogP contribution in [-0.4, -0.2) is 27.0 Å². The number of hydrogen-bond donors (Lipinski definition) is 1. The van der Waals surface area contributed by atoms with Crippen molar-refractivity contribution in [1.82, 2.24) is 4.72 Å². The molecule has 0 aliphatic carbocycles. The maximum atomic E-state index is 12.7. The van der Waals surface area contributed by atoms with E-state index in [1.807, 2.05) is 18.2 Å². The first-order valence-electron chi connectivity index (χ1n) is 7.71. The molecular formula is C18H19NO4S. The lowest BCUT2D eigenvalue weighted by Crippen LogP contribution is -2.39. The number of ether oxygens (including phenoxy) is 1. The van der Waals surface area contributed by atoms with Crippen LogP contribution in [0.2, 0.25) is 0 Å². The normalized spacial score (nSPS) is 20.9. The van der Waals surface area contributed by atoms with E-state index in [1.165, 1.54) is 6.07 Å². The Balaban J connectivity index is 1.91. The lowest BCUT2D eigenvalue weighted by atomic mass is 9.96. The maximum absolute atomic E-state index is 12.7. The van der Waals surface area contributed by atoms with Gasteiger partial charge in [0.15, 0.2) is 0 Å². The molecule has 2 aromatic rings. The Bertz CT molecular complexity index is 899. The number of nitrogens with one attached hydrogen (secondary N) is 1. The van der Waals surface area contributed by atoms with Crippen molar-refractivity contribution in [2.75, 3.05) is 6.61 Å². The van der Waals surface area contributed by atoms with Gasteiger partial charge < -0.3 is 4.74 Å². The molecule has 1 N–H and O–H groups in total. The molecule has 0 unspecified atom stereocenters. The van der Waals surface area contributed by atoms with Gasteiger partial charge in [-0.1, -0.05) is 48.6 Å². The van der Waals surface area contributed by atoms with Crippen molar-refractivity contribution in [3.63, 3.8) is 0 Å². The van der Waals surface area contributed by atoms with Gasteiger partial charge in [0.1, 0.15) is 0 Å². The summed E-state index contributed by atoms with van der Waals surface area (Å²) in [5.74, 6) is -1.08. The first-order valence-corrected chi connectivity index (χ1v) is 9.20. The van der Waals surface area contributed by atoms with Crippen LogP contribution in [0.4, 0.5) is 0 Å². The number of rotatable bonds is 4. The third kappa shape index (κ3) is 3.07. The van der Waals surface area contributed by atoms with E-state index in [2.05, 4.69) is 11.3 Å². The van der Waals surface area contributed by atoms with Crippen molar-refractivity contribution < 1.29 is 17.9 Å². The van der Waals surface area contributed by atoms with Gasteiger partial charge in [0.25, 0.3) is 10.0 Å². The number of benzene rings is 2. The summed E-state index contributed by atoms with van der Waals surface area (Å²) >= 11 is 0. The zero-order valence-electron chi connectivity index (χ0n) is 13.4. The van der Waals surface area contributed by atoms with Crippen LogP contribution in [0, 0.1) is 5.92 Å². The largest absolute Gasteiger partial charge is 0.373 e. The van der Waals surface area contributed by atoms with Crippen molar-refractivity contribution in [2.45, 2.75) is 24.3 Å². The molecule has 2 atom stereocenters. The molecule has 1 fully saturated rings. The summed E-state index contributed by atoms with van der Waals surface area (Å²) in [7, 11) is -3.96. The second kappa shape index (κ2) is 6.37. The van der Waals surface area contributed by atoms with Crippen LogP contribution in [-0.2, 0) is 19.6 Å². The molecule has 24 heavy (non-hydrogen) atoms. The van der Waals surface area contributed by atoms with Crippen molar-refractivity contribution in [1.29, 1.82) is 0 Å². The SMILES string of the molecule is C=C(C)[C@@H]1OCC[C@@H]1C(=O)NS(=O)(=O)c1cccc2ccccc12. The van der Waals surface area contributed by atoms with E-state index < -0.39 is 28.0 Å². The average Bonchev–Trinajstić information content (AvgIpc) is 3.04. The number of carbonyl (C=O) groups is 1. The molecule has 126 valence electrons. The number of hydrogen-bond acceptors (Lipinski definition) is 4. The van der Waals surface area contributed by atoms with E-state index in [0.29, 0.717) is 18.4 Å². The molecule has 0 spiro atoms. The molecule has 6 heteroatoms. The number of carbonyl (C=O) groups excluding carboxylic acids is 1. The molecule has 0 saturated carbocycles.